The minimum absolute atomic E-state index is 0.103. The molecule has 0 aromatic carbocycles. The molecular formula is C70H136O17P2. The SMILES string of the molecule is CCCCCCCCCCCCCCCCCCCCC(=O)O[C@H](COC(=O)CCCCCCCCCCCCCC(C)C)COP(=O)(O)OC[C@@H](O)COP(=O)(O)OC[C@@H](COC(=O)CCCCCCCCC)OC(=O)CCCCCCCCCC(C)C. The minimum atomic E-state index is -4.95. The average Bonchev–Trinajstić information content (AvgIpc) is 3.71. The summed E-state index contributed by atoms with van der Waals surface area (Å²) in [5.74, 6) is -0.664. The maximum atomic E-state index is 13.0. The summed E-state index contributed by atoms with van der Waals surface area (Å²) in [6.45, 7) is 9.45. The number of aliphatic hydroxyl groups excluding tert-OH is 1. The Kier molecular flexibility index (Phi) is 60.8. The second kappa shape index (κ2) is 62.2. The number of esters is 4. The van der Waals surface area contributed by atoms with Gasteiger partial charge in [0.1, 0.15) is 19.3 Å². The molecular weight excluding hydrogens is 1170 g/mol. The van der Waals surface area contributed by atoms with Crippen LogP contribution in [0.1, 0.15) is 356 Å². The molecule has 17 nitrogen and oxygen atoms in total. The van der Waals surface area contributed by atoms with Gasteiger partial charge in [-0.3, -0.25) is 37.3 Å². The van der Waals surface area contributed by atoms with Crippen LogP contribution in [0.4, 0.5) is 0 Å². The number of phosphoric acid groups is 2. The van der Waals surface area contributed by atoms with E-state index in [1.54, 1.807) is 0 Å². The molecule has 0 bridgehead atoms. The van der Waals surface area contributed by atoms with E-state index in [-0.39, 0.29) is 25.7 Å². The fourth-order valence-corrected chi connectivity index (χ4v) is 12.2. The molecule has 5 atom stereocenters. The molecule has 0 aliphatic carbocycles. The maximum absolute atomic E-state index is 13.0. The van der Waals surface area contributed by atoms with Gasteiger partial charge in [0.05, 0.1) is 26.4 Å². The van der Waals surface area contributed by atoms with Gasteiger partial charge < -0.3 is 33.8 Å². The second-order valence-corrected chi connectivity index (χ2v) is 29.1. The summed E-state index contributed by atoms with van der Waals surface area (Å²) in [6.07, 6.45) is 47.5. The Morgan fingerprint density at radius 2 is 0.517 bits per heavy atom. The van der Waals surface area contributed by atoms with Gasteiger partial charge in [-0.25, -0.2) is 9.13 Å². The number of aliphatic hydroxyl groups is 1. The third kappa shape index (κ3) is 64.6. The van der Waals surface area contributed by atoms with E-state index in [1.165, 1.54) is 161 Å². The number of phosphoric ester groups is 2. The van der Waals surface area contributed by atoms with Crippen molar-refractivity contribution in [3.05, 3.63) is 0 Å². The Bertz CT molecular complexity index is 1730. The van der Waals surface area contributed by atoms with E-state index < -0.39 is 97.5 Å². The first kappa shape index (κ1) is 87.1. The Hall–Kier alpha value is -1.94. The molecule has 0 rings (SSSR count). The number of unbranched alkanes of at least 4 members (excludes halogenated alkanes) is 39. The van der Waals surface area contributed by atoms with Crippen LogP contribution in [0.5, 0.6) is 0 Å². The van der Waals surface area contributed by atoms with E-state index in [0.717, 1.165) is 109 Å². The Labute approximate surface area is 543 Å². The van der Waals surface area contributed by atoms with E-state index in [1.807, 2.05) is 0 Å². The summed E-state index contributed by atoms with van der Waals surface area (Å²) in [4.78, 5) is 72.4. The van der Waals surface area contributed by atoms with Gasteiger partial charge in [0, 0.05) is 25.7 Å². The Balaban J connectivity index is 5.19. The van der Waals surface area contributed by atoms with Crippen LogP contribution in [0.15, 0.2) is 0 Å². The summed E-state index contributed by atoms with van der Waals surface area (Å²) in [6, 6.07) is 0. The van der Waals surface area contributed by atoms with Gasteiger partial charge in [-0.15, -0.1) is 0 Å². The third-order valence-electron chi connectivity index (χ3n) is 16.2. The molecule has 2 unspecified atom stereocenters. The molecule has 0 amide bonds. The van der Waals surface area contributed by atoms with E-state index in [0.29, 0.717) is 31.6 Å². The molecule has 89 heavy (non-hydrogen) atoms. The van der Waals surface area contributed by atoms with Gasteiger partial charge in [-0.2, -0.15) is 0 Å². The highest BCUT2D eigenvalue weighted by molar-refractivity contribution is 7.47. The summed E-state index contributed by atoms with van der Waals surface area (Å²) in [7, 11) is -9.89. The van der Waals surface area contributed by atoms with Crippen molar-refractivity contribution < 1.29 is 80.2 Å². The minimum Gasteiger partial charge on any atom is -0.462 e. The fraction of sp³-hybridized carbons (Fsp3) is 0.943. The molecule has 0 aliphatic heterocycles. The van der Waals surface area contributed by atoms with Crippen molar-refractivity contribution in [3.8, 4) is 0 Å². The number of carbonyl (C=O) groups excluding carboxylic acids is 4. The van der Waals surface area contributed by atoms with Crippen LogP contribution < -0.4 is 0 Å². The third-order valence-corrected chi connectivity index (χ3v) is 18.1. The molecule has 0 heterocycles. The number of carbonyl (C=O) groups is 4. The van der Waals surface area contributed by atoms with E-state index >= 15 is 0 Å². The van der Waals surface area contributed by atoms with Gasteiger partial charge in [0.2, 0.25) is 0 Å². The van der Waals surface area contributed by atoms with Crippen LogP contribution in [-0.4, -0.2) is 96.7 Å². The zero-order chi connectivity index (χ0) is 65.7. The normalized spacial score (nSPS) is 14.1. The molecule has 0 aromatic heterocycles. The lowest BCUT2D eigenvalue weighted by molar-refractivity contribution is -0.161. The van der Waals surface area contributed by atoms with Crippen molar-refractivity contribution in [1.29, 1.82) is 0 Å². The largest absolute Gasteiger partial charge is 0.472 e. The summed E-state index contributed by atoms with van der Waals surface area (Å²) in [5, 5.41) is 10.6. The Morgan fingerprint density at radius 3 is 0.764 bits per heavy atom. The Morgan fingerprint density at radius 1 is 0.303 bits per heavy atom. The van der Waals surface area contributed by atoms with E-state index in [9.17, 15) is 43.2 Å². The van der Waals surface area contributed by atoms with Crippen molar-refractivity contribution in [2.24, 2.45) is 11.8 Å². The van der Waals surface area contributed by atoms with Gasteiger partial charge in [-0.1, -0.05) is 305 Å². The predicted octanol–water partition coefficient (Wildman–Crippen LogP) is 20.0. The molecule has 528 valence electrons. The van der Waals surface area contributed by atoms with Gasteiger partial charge in [-0.05, 0) is 37.5 Å². The first-order chi connectivity index (χ1) is 42.9. The van der Waals surface area contributed by atoms with Crippen LogP contribution in [0.2, 0.25) is 0 Å². The maximum Gasteiger partial charge on any atom is 0.472 e. The standard InChI is InChI=1S/C70H136O17P2/c1-7-9-11-13-15-16-17-18-19-20-21-22-23-26-30-36-42-48-54-69(74)86-66(59-81-68(73)53-47-41-35-29-27-24-25-28-33-38-44-50-62(3)4)61-85-89(78,79)83-57-64(71)56-82-88(76,77)84-60-65(58-80-67(72)52-46-40-32-14-12-10-8-2)87-70(75)55-49-43-37-31-34-39-45-51-63(5)6/h62-66,71H,7-61H2,1-6H3,(H,76,77)(H,78,79)/t64-,65+,66+/m0/s1. The first-order valence-electron chi connectivity index (χ1n) is 36.5. The number of hydrogen-bond acceptors (Lipinski definition) is 15. The molecule has 3 N–H and O–H groups in total. The zero-order valence-electron chi connectivity index (χ0n) is 57.7. The average molecular weight is 1310 g/mol. The molecule has 0 fully saturated rings. The lowest BCUT2D eigenvalue weighted by atomic mass is 10.0. The van der Waals surface area contributed by atoms with Crippen molar-refractivity contribution >= 4 is 39.5 Å². The van der Waals surface area contributed by atoms with Crippen molar-refractivity contribution in [3.63, 3.8) is 0 Å². The number of rotatable bonds is 69. The molecule has 0 saturated heterocycles. The van der Waals surface area contributed by atoms with Crippen LogP contribution in [-0.2, 0) is 65.4 Å². The topological polar surface area (TPSA) is 237 Å². The molecule has 0 aliphatic rings. The summed E-state index contributed by atoms with van der Waals surface area (Å²) < 4.78 is 68.1. The molecule has 0 aromatic rings. The monoisotopic (exact) mass is 1310 g/mol. The van der Waals surface area contributed by atoms with E-state index in [4.69, 9.17) is 37.0 Å². The van der Waals surface area contributed by atoms with Gasteiger partial charge >= 0.3 is 39.5 Å². The number of ether oxygens (including phenoxy) is 4. The number of hydrogen-bond donors (Lipinski definition) is 3. The molecule has 0 radical (unpaired) electrons. The van der Waals surface area contributed by atoms with Crippen molar-refractivity contribution in [1.82, 2.24) is 0 Å². The summed E-state index contributed by atoms with van der Waals surface area (Å²) >= 11 is 0. The van der Waals surface area contributed by atoms with Gasteiger partial charge in [0.15, 0.2) is 12.2 Å². The van der Waals surface area contributed by atoms with Gasteiger partial charge in [0.25, 0.3) is 0 Å². The van der Waals surface area contributed by atoms with Crippen molar-refractivity contribution in [2.75, 3.05) is 39.6 Å². The molecule has 0 spiro atoms. The predicted molar refractivity (Wildman–Crippen MR) is 358 cm³/mol. The highest BCUT2D eigenvalue weighted by Gasteiger charge is 2.30. The lowest BCUT2D eigenvalue weighted by Crippen LogP contribution is -2.30. The van der Waals surface area contributed by atoms with Crippen LogP contribution in [0, 0.1) is 11.8 Å². The highest BCUT2D eigenvalue weighted by Crippen LogP contribution is 2.45. The zero-order valence-corrected chi connectivity index (χ0v) is 59.5. The smallest absolute Gasteiger partial charge is 0.462 e. The summed E-state index contributed by atoms with van der Waals surface area (Å²) in [5.41, 5.74) is 0. The molecule has 0 saturated carbocycles. The fourth-order valence-electron chi connectivity index (χ4n) is 10.6. The lowest BCUT2D eigenvalue weighted by Gasteiger charge is -2.21. The van der Waals surface area contributed by atoms with Crippen LogP contribution in [0.25, 0.3) is 0 Å². The van der Waals surface area contributed by atoms with Crippen LogP contribution in [0.3, 0.4) is 0 Å². The van der Waals surface area contributed by atoms with Crippen LogP contribution >= 0.6 is 15.6 Å². The quantitative estimate of drug-likeness (QED) is 0.0222. The highest BCUT2D eigenvalue weighted by atomic mass is 31.2. The van der Waals surface area contributed by atoms with E-state index in [2.05, 4.69) is 41.5 Å². The molecule has 19 heteroatoms. The first-order valence-corrected chi connectivity index (χ1v) is 39.5. The van der Waals surface area contributed by atoms with Crippen molar-refractivity contribution in [2.45, 2.75) is 374 Å². The second-order valence-electron chi connectivity index (χ2n) is 26.2.